The summed E-state index contributed by atoms with van der Waals surface area (Å²) in [5.74, 6) is 0.247. The van der Waals surface area contributed by atoms with E-state index in [9.17, 15) is 13.2 Å². The molecule has 1 amide bonds. The van der Waals surface area contributed by atoms with E-state index in [0.717, 1.165) is 12.8 Å². The first kappa shape index (κ1) is 21.9. The Kier molecular flexibility index (Phi) is 10.1. The second-order valence-corrected chi connectivity index (χ2v) is 6.92. The van der Waals surface area contributed by atoms with Crippen molar-refractivity contribution in [3.05, 3.63) is 24.3 Å². The van der Waals surface area contributed by atoms with Crippen molar-refractivity contribution < 1.29 is 13.2 Å². The fourth-order valence-corrected chi connectivity index (χ4v) is 3.16. The van der Waals surface area contributed by atoms with Crippen LogP contribution in [0.3, 0.4) is 0 Å². The van der Waals surface area contributed by atoms with Crippen LogP contribution in [0.25, 0.3) is 0 Å². The third-order valence-electron chi connectivity index (χ3n) is 3.49. The van der Waals surface area contributed by atoms with Crippen LogP contribution in [0.15, 0.2) is 29.2 Å². The maximum atomic E-state index is 12.0. The predicted molar refractivity (Wildman–Crippen MR) is 95.3 cm³/mol. The van der Waals surface area contributed by atoms with E-state index in [1.807, 2.05) is 0 Å². The van der Waals surface area contributed by atoms with Gasteiger partial charge in [0.25, 0.3) is 0 Å². The molecule has 0 aliphatic rings. The molecule has 0 fully saturated rings. The molecule has 1 aromatic rings. The zero-order valence-corrected chi connectivity index (χ0v) is 15.2. The van der Waals surface area contributed by atoms with Crippen LogP contribution in [0.2, 0.25) is 0 Å². The maximum absolute atomic E-state index is 12.0. The molecule has 8 heteroatoms. The number of halogens is 1. The van der Waals surface area contributed by atoms with Crippen LogP contribution in [0, 0.1) is 5.92 Å². The molecule has 0 saturated heterocycles. The first-order chi connectivity index (χ1) is 10.4. The Morgan fingerprint density at radius 1 is 1.26 bits per heavy atom. The molecule has 0 spiro atoms. The molecule has 1 rings (SSSR count). The van der Waals surface area contributed by atoms with Crippen molar-refractivity contribution in [2.24, 2.45) is 11.7 Å². The molecule has 0 radical (unpaired) electrons. The van der Waals surface area contributed by atoms with E-state index in [1.54, 1.807) is 12.1 Å². The summed E-state index contributed by atoms with van der Waals surface area (Å²) >= 11 is 0. The fraction of sp³-hybridized carbons (Fsp3) is 0.533. The molecule has 23 heavy (non-hydrogen) atoms. The number of sulfonamides is 1. The van der Waals surface area contributed by atoms with Crippen LogP contribution in [0.5, 0.6) is 0 Å². The highest BCUT2D eigenvalue weighted by Crippen LogP contribution is 2.17. The molecule has 0 unspecified atom stereocenters. The predicted octanol–water partition coefficient (Wildman–Crippen LogP) is 2.11. The second kappa shape index (κ2) is 10.6. The van der Waals surface area contributed by atoms with Gasteiger partial charge < -0.3 is 11.1 Å². The molecule has 0 atom stereocenters. The van der Waals surface area contributed by atoms with E-state index < -0.39 is 10.0 Å². The molecule has 4 N–H and O–H groups in total. The van der Waals surface area contributed by atoms with Crippen molar-refractivity contribution in [3.8, 4) is 0 Å². The number of amides is 1. The van der Waals surface area contributed by atoms with Crippen molar-refractivity contribution in [3.63, 3.8) is 0 Å². The standard InChI is InChI=1S/C15H25N3O3S.ClH/c1-3-12(4-2)10-15(19)18-13-6-5-7-14(11-13)22(20,21)17-9-8-16;/h5-7,11-12,17H,3-4,8-10,16H2,1-2H3,(H,18,19);1H. The average molecular weight is 364 g/mol. The summed E-state index contributed by atoms with van der Waals surface area (Å²) in [5, 5.41) is 2.75. The Morgan fingerprint density at radius 2 is 1.91 bits per heavy atom. The van der Waals surface area contributed by atoms with Crippen LogP contribution in [0.1, 0.15) is 33.1 Å². The number of rotatable bonds is 9. The normalized spacial score (nSPS) is 11.1. The molecule has 0 aliphatic carbocycles. The summed E-state index contributed by atoms with van der Waals surface area (Å²) in [6.45, 7) is 4.51. The Morgan fingerprint density at radius 3 is 2.48 bits per heavy atom. The monoisotopic (exact) mass is 363 g/mol. The molecule has 0 aliphatic heterocycles. The van der Waals surface area contributed by atoms with Crippen molar-refractivity contribution in [1.29, 1.82) is 0 Å². The van der Waals surface area contributed by atoms with Gasteiger partial charge in [0.1, 0.15) is 0 Å². The van der Waals surface area contributed by atoms with Crippen LogP contribution in [-0.4, -0.2) is 27.4 Å². The first-order valence-corrected chi connectivity index (χ1v) is 9.00. The van der Waals surface area contributed by atoms with Gasteiger partial charge in [0.15, 0.2) is 0 Å². The number of hydrogen-bond acceptors (Lipinski definition) is 4. The third-order valence-corrected chi connectivity index (χ3v) is 4.95. The minimum atomic E-state index is -3.59. The summed E-state index contributed by atoms with van der Waals surface area (Å²) in [4.78, 5) is 12.1. The molecule has 132 valence electrons. The van der Waals surface area contributed by atoms with Crippen LogP contribution < -0.4 is 15.8 Å². The van der Waals surface area contributed by atoms with E-state index in [0.29, 0.717) is 18.0 Å². The summed E-state index contributed by atoms with van der Waals surface area (Å²) in [7, 11) is -3.59. The Hall–Kier alpha value is -1.15. The van der Waals surface area contributed by atoms with Crippen molar-refractivity contribution in [2.75, 3.05) is 18.4 Å². The van der Waals surface area contributed by atoms with Gasteiger partial charge in [-0.1, -0.05) is 32.8 Å². The number of anilines is 1. The van der Waals surface area contributed by atoms with Crippen LogP contribution in [-0.2, 0) is 14.8 Å². The maximum Gasteiger partial charge on any atom is 0.240 e. The lowest BCUT2D eigenvalue weighted by atomic mass is 9.99. The number of hydrogen-bond donors (Lipinski definition) is 3. The van der Waals surface area contributed by atoms with Gasteiger partial charge >= 0.3 is 0 Å². The topological polar surface area (TPSA) is 101 Å². The Labute approximate surface area is 144 Å². The minimum absolute atomic E-state index is 0. The first-order valence-electron chi connectivity index (χ1n) is 7.52. The van der Waals surface area contributed by atoms with Gasteiger partial charge in [-0.05, 0) is 24.1 Å². The third kappa shape index (κ3) is 7.30. The molecule has 1 aromatic carbocycles. The summed E-state index contributed by atoms with van der Waals surface area (Å²) in [5.41, 5.74) is 5.78. The molecular weight excluding hydrogens is 338 g/mol. The minimum Gasteiger partial charge on any atom is -0.329 e. The lowest BCUT2D eigenvalue weighted by Crippen LogP contribution is -2.29. The molecule has 0 heterocycles. The number of nitrogens with one attached hydrogen (secondary N) is 2. The quantitative estimate of drug-likeness (QED) is 0.625. The summed E-state index contributed by atoms with van der Waals surface area (Å²) in [6.07, 6.45) is 2.33. The van der Waals surface area contributed by atoms with Gasteiger partial charge in [-0.2, -0.15) is 0 Å². The summed E-state index contributed by atoms with van der Waals surface area (Å²) < 4.78 is 26.4. The average Bonchev–Trinajstić information content (AvgIpc) is 2.51. The molecule has 0 aromatic heterocycles. The van der Waals surface area contributed by atoms with Gasteiger partial charge in [0.05, 0.1) is 4.90 Å². The zero-order chi connectivity index (χ0) is 16.6. The van der Waals surface area contributed by atoms with E-state index in [-0.39, 0.29) is 36.3 Å². The molecular formula is C15H26ClN3O3S. The zero-order valence-electron chi connectivity index (χ0n) is 13.5. The number of nitrogens with two attached hydrogens (primary N) is 1. The highest BCUT2D eigenvalue weighted by molar-refractivity contribution is 7.89. The van der Waals surface area contributed by atoms with Gasteiger partial charge in [-0.15, -0.1) is 12.4 Å². The van der Waals surface area contributed by atoms with Crippen LogP contribution in [0.4, 0.5) is 5.69 Å². The van der Waals surface area contributed by atoms with Gasteiger partial charge in [-0.3, -0.25) is 4.79 Å². The lowest BCUT2D eigenvalue weighted by molar-refractivity contribution is -0.117. The highest BCUT2D eigenvalue weighted by atomic mass is 35.5. The van der Waals surface area contributed by atoms with Crippen LogP contribution >= 0.6 is 12.4 Å². The number of benzene rings is 1. The molecule has 6 nitrogen and oxygen atoms in total. The SMILES string of the molecule is CCC(CC)CC(=O)Nc1cccc(S(=O)(=O)NCCN)c1.Cl. The molecule has 0 bridgehead atoms. The largest absolute Gasteiger partial charge is 0.329 e. The van der Waals surface area contributed by atoms with E-state index in [4.69, 9.17) is 5.73 Å². The summed E-state index contributed by atoms with van der Waals surface area (Å²) in [6, 6.07) is 6.20. The smallest absolute Gasteiger partial charge is 0.240 e. The van der Waals surface area contributed by atoms with E-state index >= 15 is 0 Å². The van der Waals surface area contributed by atoms with E-state index in [1.165, 1.54) is 12.1 Å². The second-order valence-electron chi connectivity index (χ2n) is 5.15. The van der Waals surface area contributed by atoms with Crippen molar-refractivity contribution >= 4 is 34.0 Å². The van der Waals surface area contributed by atoms with Crippen molar-refractivity contribution in [2.45, 2.75) is 38.0 Å². The van der Waals surface area contributed by atoms with Gasteiger partial charge in [0.2, 0.25) is 15.9 Å². The number of carbonyl (C=O) groups is 1. The van der Waals surface area contributed by atoms with Gasteiger partial charge in [-0.25, -0.2) is 13.1 Å². The van der Waals surface area contributed by atoms with E-state index in [2.05, 4.69) is 23.9 Å². The van der Waals surface area contributed by atoms with Gasteiger partial charge in [0, 0.05) is 25.2 Å². The Balaban J connectivity index is 0.00000484. The Bertz CT molecular complexity index is 589. The fourth-order valence-electron chi connectivity index (χ4n) is 2.07. The lowest BCUT2D eigenvalue weighted by Gasteiger charge is -2.13. The molecule has 0 saturated carbocycles. The number of carbonyl (C=O) groups excluding carboxylic acids is 1. The highest BCUT2D eigenvalue weighted by Gasteiger charge is 2.15. The van der Waals surface area contributed by atoms with Crippen molar-refractivity contribution in [1.82, 2.24) is 4.72 Å².